The summed E-state index contributed by atoms with van der Waals surface area (Å²) >= 11 is 0. The van der Waals surface area contributed by atoms with Crippen LogP contribution in [0.5, 0.6) is 0 Å². The van der Waals surface area contributed by atoms with Crippen LogP contribution in [0.4, 0.5) is 0 Å². The molecule has 0 saturated carbocycles. The Bertz CT molecular complexity index is 613. The fourth-order valence-corrected chi connectivity index (χ4v) is 2.36. The van der Waals surface area contributed by atoms with Crippen molar-refractivity contribution in [2.24, 2.45) is 7.05 Å². The average molecular weight is 276 g/mol. The molecule has 1 N–H and O–H groups in total. The molecule has 3 rings (SSSR count). The molecule has 1 aliphatic rings. The molecule has 8 heteroatoms. The second-order valence-corrected chi connectivity index (χ2v) is 5.00. The number of carbonyl (C=O) groups is 1. The lowest BCUT2D eigenvalue weighted by Crippen LogP contribution is -2.48. The molecule has 0 aromatic carbocycles. The Balaban J connectivity index is 1.48. The zero-order valence-corrected chi connectivity index (χ0v) is 11.2. The van der Waals surface area contributed by atoms with Crippen LogP contribution in [-0.4, -0.2) is 60.4 Å². The van der Waals surface area contributed by atoms with Gasteiger partial charge in [0.15, 0.2) is 5.69 Å². The lowest BCUT2D eigenvalue weighted by molar-refractivity contribution is 0.0690. The summed E-state index contributed by atoms with van der Waals surface area (Å²) in [5, 5.41) is 20.4. The number of aromatic nitrogens is 5. The second kappa shape index (κ2) is 5.04. The molecule has 0 atom stereocenters. The molecule has 8 nitrogen and oxygen atoms in total. The third-order valence-electron chi connectivity index (χ3n) is 3.65. The first-order valence-electron chi connectivity index (χ1n) is 6.48. The van der Waals surface area contributed by atoms with Crippen LogP contribution in [0.25, 0.3) is 0 Å². The van der Waals surface area contributed by atoms with Gasteiger partial charge in [0.05, 0.1) is 12.2 Å². The summed E-state index contributed by atoms with van der Waals surface area (Å²) < 4.78 is 3.53. The summed E-state index contributed by atoms with van der Waals surface area (Å²) in [5.41, 5.74) is 1.21. The van der Waals surface area contributed by atoms with Crippen molar-refractivity contribution in [1.82, 2.24) is 29.7 Å². The fraction of sp³-hybridized carbons (Fsp3) is 0.500. The summed E-state index contributed by atoms with van der Waals surface area (Å²) in [6, 6.07) is 2.25. The van der Waals surface area contributed by atoms with Gasteiger partial charge in [-0.05, 0) is 6.07 Å². The van der Waals surface area contributed by atoms with E-state index in [4.69, 9.17) is 5.11 Å². The van der Waals surface area contributed by atoms with E-state index >= 15 is 0 Å². The first kappa shape index (κ1) is 12.8. The van der Waals surface area contributed by atoms with Gasteiger partial charge < -0.3 is 5.11 Å². The number of rotatable bonds is 5. The lowest BCUT2D eigenvalue weighted by atomic mass is 10.1. The number of likely N-dealkylation sites (tertiary alicyclic amines) is 1. The summed E-state index contributed by atoms with van der Waals surface area (Å²) in [6.45, 7) is 2.72. The standard InChI is InChI=1S/C12H16N6O2/c1-16-9(2-4-13-16)3-5-17-6-10(7-17)18-8-11(12(19)20)14-15-18/h2,4,8,10H,3,5-7H2,1H3,(H,19,20). The van der Waals surface area contributed by atoms with Gasteiger partial charge in [-0.3, -0.25) is 9.58 Å². The van der Waals surface area contributed by atoms with E-state index in [9.17, 15) is 4.79 Å². The summed E-state index contributed by atoms with van der Waals surface area (Å²) in [4.78, 5) is 13.0. The highest BCUT2D eigenvalue weighted by Gasteiger charge is 2.29. The van der Waals surface area contributed by atoms with Gasteiger partial charge in [0.25, 0.3) is 0 Å². The van der Waals surface area contributed by atoms with Crippen molar-refractivity contribution in [1.29, 1.82) is 0 Å². The van der Waals surface area contributed by atoms with E-state index in [1.54, 1.807) is 10.9 Å². The molecule has 0 bridgehead atoms. The first-order valence-corrected chi connectivity index (χ1v) is 6.48. The number of aryl methyl sites for hydroxylation is 1. The highest BCUT2D eigenvalue weighted by Crippen LogP contribution is 2.20. The Morgan fingerprint density at radius 2 is 2.30 bits per heavy atom. The molecular formula is C12H16N6O2. The number of carboxylic acids is 1. The first-order chi connectivity index (χ1) is 9.63. The maximum Gasteiger partial charge on any atom is 0.358 e. The minimum atomic E-state index is -1.04. The Morgan fingerprint density at radius 3 is 2.90 bits per heavy atom. The summed E-state index contributed by atoms with van der Waals surface area (Å²) in [6.07, 6.45) is 4.25. The molecule has 20 heavy (non-hydrogen) atoms. The Morgan fingerprint density at radius 1 is 1.50 bits per heavy atom. The second-order valence-electron chi connectivity index (χ2n) is 5.00. The van der Waals surface area contributed by atoms with Crippen molar-refractivity contribution in [2.75, 3.05) is 19.6 Å². The SMILES string of the molecule is Cn1nccc1CCN1CC(n2cc(C(=O)O)nn2)C1. The van der Waals surface area contributed by atoms with Crippen LogP contribution in [0, 0.1) is 0 Å². The molecule has 106 valence electrons. The van der Waals surface area contributed by atoms with E-state index < -0.39 is 5.97 Å². The molecule has 1 fully saturated rings. The van der Waals surface area contributed by atoms with Gasteiger partial charge >= 0.3 is 5.97 Å². The maximum atomic E-state index is 10.7. The van der Waals surface area contributed by atoms with E-state index in [0.717, 1.165) is 26.1 Å². The maximum absolute atomic E-state index is 10.7. The molecule has 0 radical (unpaired) electrons. The lowest BCUT2D eigenvalue weighted by Gasteiger charge is -2.38. The van der Waals surface area contributed by atoms with Crippen molar-refractivity contribution >= 4 is 5.97 Å². The predicted molar refractivity (Wildman–Crippen MR) is 69.4 cm³/mol. The molecule has 0 aliphatic carbocycles. The Kier molecular flexibility index (Phi) is 3.23. The average Bonchev–Trinajstić information content (AvgIpc) is 2.97. The summed E-state index contributed by atoms with van der Waals surface area (Å²) in [7, 11) is 1.94. The number of nitrogens with zero attached hydrogens (tertiary/aromatic N) is 6. The van der Waals surface area contributed by atoms with Gasteiger partial charge in [-0.25, -0.2) is 9.48 Å². The molecule has 0 amide bonds. The number of hydrogen-bond acceptors (Lipinski definition) is 5. The van der Waals surface area contributed by atoms with Crippen molar-refractivity contribution in [3.8, 4) is 0 Å². The van der Waals surface area contributed by atoms with Crippen LogP contribution >= 0.6 is 0 Å². The van der Waals surface area contributed by atoms with Crippen LogP contribution in [-0.2, 0) is 13.5 Å². The molecule has 1 aliphatic heterocycles. The molecule has 1 saturated heterocycles. The number of aromatic carboxylic acids is 1. The molecular weight excluding hydrogens is 260 g/mol. The molecule has 3 heterocycles. The normalized spacial score (nSPS) is 16.2. The van der Waals surface area contributed by atoms with Crippen molar-refractivity contribution in [2.45, 2.75) is 12.5 Å². The monoisotopic (exact) mass is 276 g/mol. The molecule has 0 spiro atoms. The van der Waals surface area contributed by atoms with E-state index in [-0.39, 0.29) is 11.7 Å². The van der Waals surface area contributed by atoms with Crippen molar-refractivity contribution in [3.05, 3.63) is 29.8 Å². The zero-order valence-electron chi connectivity index (χ0n) is 11.2. The van der Waals surface area contributed by atoms with Crippen LogP contribution in [0.1, 0.15) is 22.2 Å². The smallest absolute Gasteiger partial charge is 0.358 e. The van der Waals surface area contributed by atoms with Crippen LogP contribution in [0.3, 0.4) is 0 Å². The minimum Gasteiger partial charge on any atom is -0.476 e. The topological polar surface area (TPSA) is 89.1 Å². The Hall–Kier alpha value is -2.22. The molecule has 2 aromatic rings. The zero-order chi connectivity index (χ0) is 14.1. The van der Waals surface area contributed by atoms with Gasteiger partial charge in [0, 0.05) is 45.0 Å². The number of carboxylic acid groups (broad SMARTS) is 1. The third kappa shape index (κ3) is 2.42. The van der Waals surface area contributed by atoms with E-state index in [2.05, 4.69) is 20.3 Å². The van der Waals surface area contributed by atoms with Gasteiger partial charge in [0.1, 0.15) is 0 Å². The van der Waals surface area contributed by atoms with Crippen LogP contribution in [0.15, 0.2) is 18.5 Å². The van der Waals surface area contributed by atoms with Gasteiger partial charge in [-0.15, -0.1) is 5.10 Å². The van der Waals surface area contributed by atoms with Gasteiger partial charge in [-0.1, -0.05) is 5.21 Å². The molecule has 2 aromatic heterocycles. The van der Waals surface area contributed by atoms with Crippen LogP contribution in [0.2, 0.25) is 0 Å². The van der Waals surface area contributed by atoms with E-state index in [0.29, 0.717) is 0 Å². The van der Waals surface area contributed by atoms with E-state index in [1.165, 1.54) is 11.9 Å². The van der Waals surface area contributed by atoms with Crippen molar-refractivity contribution < 1.29 is 9.90 Å². The van der Waals surface area contributed by atoms with Gasteiger partial charge in [0.2, 0.25) is 0 Å². The number of hydrogen-bond donors (Lipinski definition) is 1. The Labute approximate surface area is 115 Å². The quantitative estimate of drug-likeness (QED) is 0.814. The third-order valence-corrected chi connectivity index (χ3v) is 3.65. The molecule has 0 unspecified atom stereocenters. The fourth-order valence-electron chi connectivity index (χ4n) is 2.36. The van der Waals surface area contributed by atoms with E-state index in [1.807, 2.05) is 17.8 Å². The minimum absolute atomic E-state index is 0.00154. The van der Waals surface area contributed by atoms with Crippen molar-refractivity contribution in [3.63, 3.8) is 0 Å². The van der Waals surface area contributed by atoms with Gasteiger partial charge in [-0.2, -0.15) is 5.10 Å². The highest BCUT2D eigenvalue weighted by molar-refractivity contribution is 5.84. The predicted octanol–water partition coefficient (Wildman–Crippen LogP) is -0.191. The largest absolute Gasteiger partial charge is 0.476 e. The summed E-state index contributed by atoms with van der Waals surface area (Å²) in [5.74, 6) is -1.04. The highest BCUT2D eigenvalue weighted by atomic mass is 16.4. The van der Waals surface area contributed by atoms with Crippen LogP contribution < -0.4 is 0 Å².